The van der Waals surface area contributed by atoms with Crippen LogP contribution in [0.1, 0.15) is 6.23 Å². The van der Waals surface area contributed by atoms with E-state index in [0.29, 0.717) is 4.57 Å². The van der Waals surface area contributed by atoms with E-state index < -0.39 is 94.7 Å². The van der Waals surface area contributed by atoms with Crippen LogP contribution in [0.3, 0.4) is 0 Å². The second kappa shape index (κ2) is 11.1. The predicted octanol–water partition coefficient (Wildman–Crippen LogP) is -4.70. The number of hydrogen-bond acceptors (Lipinski definition) is 15. The molecule has 9 N–H and O–H groups in total. The van der Waals surface area contributed by atoms with E-state index in [-0.39, 0.29) is 0 Å². The van der Waals surface area contributed by atoms with Crippen molar-refractivity contribution in [2.45, 2.75) is 55.2 Å². The molecule has 0 aliphatic carbocycles. The van der Waals surface area contributed by atoms with Crippen LogP contribution in [0.25, 0.3) is 0 Å². The van der Waals surface area contributed by atoms with E-state index >= 15 is 0 Å². The van der Waals surface area contributed by atoms with E-state index in [9.17, 15) is 58.8 Å². The van der Waals surface area contributed by atoms with Gasteiger partial charge in [-0.3, -0.25) is 23.4 Å². The Morgan fingerprint density at radius 1 is 0.973 bits per heavy atom. The monoisotopic (exact) mass is 580 g/mol. The lowest BCUT2D eigenvalue weighted by atomic mass is 9.99. The number of nitrogens with one attached hydrogen (secondary N) is 1. The molecule has 11 atom stereocenters. The molecule has 0 amide bonds. The summed E-state index contributed by atoms with van der Waals surface area (Å²) in [5, 5.41) is 58.3. The number of aromatic amines is 1. The van der Waals surface area contributed by atoms with Crippen LogP contribution in [0, 0.1) is 0 Å². The molecule has 2 unspecified atom stereocenters. The van der Waals surface area contributed by atoms with E-state index in [1.165, 1.54) is 0 Å². The zero-order valence-corrected chi connectivity index (χ0v) is 19.8. The number of nitrogens with zero attached hydrogens (tertiary/aromatic N) is 1. The molecular formula is C15H22N2O18P2. The Balaban J connectivity index is 1.63. The molecule has 2 fully saturated rings. The number of aromatic nitrogens is 2. The quantitative estimate of drug-likeness (QED) is 0.124. The third-order valence-corrected chi connectivity index (χ3v) is 7.72. The van der Waals surface area contributed by atoms with Crippen molar-refractivity contribution in [3.05, 3.63) is 33.1 Å². The lowest BCUT2D eigenvalue weighted by molar-refractivity contribution is -0.274. The molecule has 2 aliphatic rings. The summed E-state index contributed by atoms with van der Waals surface area (Å²) in [4.78, 5) is 55.5. The van der Waals surface area contributed by atoms with Crippen molar-refractivity contribution in [1.82, 2.24) is 9.55 Å². The lowest BCUT2D eigenvalue weighted by Crippen LogP contribution is -2.60. The second-order valence-corrected chi connectivity index (χ2v) is 10.7. The summed E-state index contributed by atoms with van der Waals surface area (Å²) in [6.07, 6.45) is -17.2. The maximum absolute atomic E-state index is 12.2. The number of carboxylic acid groups (broad SMARTS) is 1. The van der Waals surface area contributed by atoms with E-state index in [2.05, 4.69) is 18.1 Å². The van der Waals surface area contributed by atoms with Gasteiger partial charge in [-0.05, 0) is 0 Å². The standard InChI is InChI=1S/C15H22N2O18P2/c18-5-1-2-17(15(26)16-5)12-9(22)6(19)4(32-12)3-31-36(27,28)35-37(29,30)34-14-10(23)7(20)8(21)11(33-14)13(24)25/h1-2,4,6-12,14,19-23H,3H2,(H,24,25)(H,27,28)(H,29,30)(H,16,18,26)/t4-,6-,7-,8-,9-,10+,11-,12-,14+/m0/s1. The van der Waals surface area contributed by atoms with Crippen LogP contribution in [0.4, 0.5) is 0 Å². The molecule has 0 aromatic carbocycles. The van der Waals surface area contributed by atoms with Crippen LogP contribution in [-0.2, 0) is 36.8 Å². The average Bonchev–Trinajstić information content (AvgIpc) is 3.05. The van der Waals surface area contributed by atoms with E-state index in [1.807, 2.05) is 4.98 Å². The fraction of sp³-hybridized carbons (Fsp3) is 0.667. The zero-order valence-electron chi connectivity index (χ0n) is 18.1. The molecule has 1 aromatic rings. The maximum atomic E-state index is 12.2. The average molecular weight is 580 g/mol. The molecule has 0 saturated carbocycles. The maximum Gasteiger partial charge on any atom is 0.483 e. The van der Waals surface area contributed by atoms with Crippen LogP contribution in [0.5, 0.6) is 0 Å². The molecular weight excluding hydrogens is 558 g/mol. The molecule has 3 rings (SSSR count). The van der Waals surface area contributed by atoms with Gasteiger partial charge in [-0.25, -0.2) is 18.7 Å². The Labute approximate surface area is 204 Å². The highest BCUT2D eigenvalue weighted by molar-refractivity contribution is 7.61. The van der Waals surface area contributed by atoms with E-state index in [0.717, 1.165) is 12.3 Å². The largest absolute Gasteiger partial charge is 0.483 e. The van der Waals surface area contributed by atoms with Crippen LogP contribution in [-0.4, -0.2) is 112 Å². The van der Waals surface area contributed by atoms with Crippen LogP contribution in [0.15, 0.2) is 21.9 Å². The highest BCUT2D eigenvalue weighted by Crippen LogP contribution is 2.61. The Bertz CT molecular complexity index is 1200. The summed E-state index contributed by atoms with van der Waals surface area (Å²) in [5.74, 6) is -1.85. The number of rotatable bonds is 9. The number of ether oxygens (including phenoxy) is 2. The van der Waals surface area contributed by atoms with Crippen LogP contribution < -0.4 is 11.2 Å². The van der Waals surface area contributed by atoms with Gasteiger partial charge in [-0.1, -0.05) is 0 Å². The second-order valence-electron chi connectivity index (χ2n) is 7.72. The molecule has 0 radical (unpaired) electrons. The first-order valence-electron chi connectivity index (χ1n) is 9.98. The van der Waals surface area contributed by atoms with Gasteiger partial charge in [-0.2, -0.15) is 4.31 Å². The van der Waals surface area contributed by atoms with Crippen molar-refractivity contribution >= 4 is 21.6 Å². The summed E-state index contributed by atoms with van der Waals surface area (Å²) in [5.41, 5.74) is -1.78. The first-order valence-corrected chi connectivity index (χ1v) is 13.0. The number of carboxylic acids is 1. The van der Waals surface area contributed by atoms with Gasteiger partial charge >= 0.3 is 27.3 Å². The summed E-state index contributed by atoms with van der Waals surface area (Å²) < 4.78 is 47.6. The molecule has 2 aliphatic heterocycles. The van der Waals surface area contributed by atoms with Gasteiger partial charge < -0.3 is 49.9 Å². The Morgan fingerprint density at radius 2 is 1.62 bits per heavy atom. The topological polar surface area (TPSA) is 314 Å². The van der Waals surface area contributed by atoms with Gasteiger partial charge in [0.15, 0.2) is 18.6 Å². The first kappa shape index (κ1) is 29.7. The number of phosphoric acid groups is 2. The van der Waals surface area contributed by atoms with Crippen molar-refractivity contribution in [2.24, 2.45) is 0 Å². The van der Waals surface area contributed by atoms with Gasteiger partial charge in [0.25, 0.3) is 5.56 Å². The van der Waals surface area contributed by atoms with Crippen molar-refractivity contribution in [1.29, 1.82) is 0 Å². The number of aliphatic hydroxyl groups is 5. The van der Waals surface area contributed by atoms with Crippen LogP contribution in [0.2, 0.25) is 0 Å². The number of aliphatic carboxylic acids is 1. The van der Waals surface area contributed by atoms with Crippen molar-refractivity contribution < 1.29 is 77.2 Å². The number of aliphatic hydroxyl groups excluding tert-OH is 5. The van der Waals surface area contributed by atoms with Crippen molar-refractivity contribution in [3.63, 3.8) is 0 Å². The minimum Gasteiger partial charge on any atom is -0.479 e. The highest BCUT2D eigenvalue weighted by atomic mass is 31.3. The Morgan fingerprint density at radius 3 is 2.22 bits per heavy atom. The Kier molecular flexibility index (Phi) is 8.89. The molecule has 0 spiro atoms. The predicted molar refractivity (Wildman–Crippen MR) is 109 cm³/mol. The summed E-state index contributed by atoms with van der Waals surface area (Å²) in [6.45, 7) is -1.07. The molecule has 37 heavy (non-hydrogen) atoms. The van der Waals surface area contributed by atoms with E-state index in [4.69, 9.17) is 9.84 Å². The first-order chi connectivity index (χ1) is 17.0. The third-order valence-electron chi connectivity index (χ3n) is 5.12. The molecule has 2 saturated heterocycles. The smallest absolute Gasteiger partial charge is 0.479 e. The SMILES string of the molecule is O=C(O)[C@H]1O[C@H](OP(=O)(O)OP(=O)(O)OC[C@@H]2O[C@H](n3ccc(=O)[nH]c3=O)[C@@H](O)[C@H]2O)[C@H](O)[C@@H](O)[C@@H]1O. The molecule has 20 nitrogen and oxygen atoms in total. The van der Waals surface area contributed by atoms with Gasteiger partial charge in [0.2, 0.25) is 0 Å². The number of H-pyrrole nitrogens is 1. The minimum absolute atomic E-state index is 0.700. The van der Waals surface area contributed by atoms with Gasteiger partial charge in [-0.15, -0.1) is 0 Å². The fourth-order valence-electron chi connectivity index (χ4n) is 3.34. The number of hydrogen-bond donors (Lipinski definition) is 9. The third kappa shape index (κ3) is 6.77. The summed E-state index contributed by atoms with van der Waals surface area (Å²) in [6, 6.07) is 0.910. The lowest BCUT2D eigenvalue weighted by Gasteiger charge is -2.38. The molecule has 210 valence electrons. The van der Waals surface area contributed by atoms with Gasteiger partial charge in [0.05, 0.1) is 6.61 Å². The Hall–Kier alpha value is -1.87. The van der Waals surface area contributed by atoms with Crippen molar-refractivity contribution in [2.75, 3.05) is 6.61 Å². The zero-order chi connectivity index (χ0) is 27.9. The minimum atomic E-state index is -5.72. The van der Waals surface area contributed by atoms with Crippen LogP contribution >= 0.6 is 15.6 Å². The van der Waals surface area contributed by atoms with E-state index in [1.54, 1.807) is 0 Å². The molecule has 0 bridgehead atoms. The summed E-state index contributed by atoms with van der Waals surface area (Å²) >= 11 is 0. The molecule has 1 aromatic heterocycles. The van der Waals surface area contributed by atoms with Crippen molar-refractivity contribution in [3.8, 4) is 0 Å². The van der Waals surface area contributed by atoms with Gasteiger partial charge in [0.1, 0.15) is 36.6 Å². The molecule has 3 heterocycles. The molecule has 22 heteroatoms. The highest BCUT2D eigenvalue weighted by Gasteiger charge is 2.51. The van der Waals surface area contributed by atoms with Gasteiger partial charge in [0, 0.05) is 12.3 Å². The fourth-order valence-corrected chi connectivity index (χ4v) is 5.49. The number of phosphoric ester groups is 2. The number of carbonyl (C=O) groups is 1. The summed E-state index contributed by atoms with van der Waals surface area (Å²) in [7, 11) is -11.3. The normalized spacial score (nSPS) is 37.5.